The predicted octanol–water partition coefficient (Wildman–Crippen LogP) is 3.74. The molecule has 2 bridgehead atoms. The SMILES string of the molecule is Cc1ccc(N2C(=O)[C@H]3C4c5ccccc5C(C=O)(c5ccccc54)[C@H]3C2=O)cc1. The van der Waals surface area contributed by atoms with Crippen molar-refractivity contribution in [2.24, 2.45) is 11.8 Å². The maximum Gasteiger partial charge on any atom is 0.239 e. The smallest absolute Gasteiger partial charge is 0.239 e. The third-order valence-corrected chi connectivity index (χ3v) is 7.16. The number of carbonyl (C=O) groups excluding carboxylic acids is 3. The van der Waals surface area contributed by atoms with Crippen LogP contribution in [0.1, 0.15) is 33.7 Å². The first-order valence-corrected chi connectivity index (χ1v) is 10.2. The Kier molecular flexibility index (Phi) is 3.33. The van der Waals surface area contributed by atoms with Crippen LogP contribution in [0.5, 0.6) is 0 Å². The summed E-state index contributed by atoms with van der Waals surface area (Å²) in [5.74, 6) is -2.02. The normalized spacial score (nSPS) is 28.2. The van der Waals surface area contributed by atoms with Crippen LogP contribution in [0.15, 0.2) is 72.8 Å². The average Bonchev–Trinajstić information content (AvgIpc) is 3.05. The summed E-state index contributed by atoms with van der Waals surface area (Å²) in [4.78, 5) is 41.6. The average molecular weight is 393 g/mol. The number of nitrogens with zero attached hydrogens (tertiary/aromatic N) is 1. The minimum atomic E-state index is -1.14. The number of anilines is 1. The molecule has 0 spiro atoms. The third-order valence-electron chi connectivity index (χ3n) is 7.16. The molecule has 0 saturated carbocycles. The summed E-state index contributed by atoms with van der Waals surface area (Å²) in [6.45, 7) is 1.96. The molecular weight excluding hydrogens is 374 g/mol. The largest absolute Gasteiger partial charge is 0.302 e. The van der Waals surface area contributed by atoms with Crippen LogP contribution in [-0.4, -0.2) is 18.1 Å². The van der Waals surface area contributed by atoms with Crippen molar-refractivity contribution in [1.29, 1.82) is 0 Å². The topological polar surface area (TPSA) is 54.5 Å². The van der Waals surface area contributed by atoms with Crippen molar-refractivity contribution in [2.45, 2.75) is 18.3 Å². The van der Waals surface area contributed by atoms with Crippen LogP contribution in [0.25, 0.3) is 0 Å². The zero-order valence-corrected chi connectivity index (χ0v) is 16.4. The lowest BCUT2D eigenvalue weighted by Crippen LogP contribution is -2.54. The highest BCUT2D eigenvalue weighted by molar-refractivity contribution is 6.24. The first-order chi connectivity index (χ1) is 14.6. The van der Waals surface area contributed by atoms with Crippen molar-refractivity contribution in [3.05, 3.63) is 101 Å². The zero-order valence-electron chi connectivity index (χ0n) is 16.4. The Balaban J connectivity index is 1.64. The molecule has 4 heteroatoms. The first-order valence-electron chi connectivity index (χ1n) is 10.2. The van der Waals surface area contributed by atoms with Gasteiger partial charge in [0, 0.05) is 5.92 Å². The maximum absolute atomic E-state index is 13.8. The molecule has 3 aromatic rings. The van der Waals surface area contributed by atoms with E-state index in [1.807, 2.05) is 67.6 Å². The number of hydrogen-bond donors (Lipinski definition) is 0. The Hall–Kier alpha value is -3.53. The summed E-state index contributed by atoms with van der Waals surface area (Å²) in [5.41, 5.74) is 4.17. The molecular formula is C26H19NO3. The summed E-state index contributed by atoms with van der Waals surface area (Å²) < 4.78 is 0. The molecule has 30 heavy (non-hydrogen) atoms. The van der Waals surface area contributed by atoms with Crippen LogP contribution in [0, 0.1) is 18.8 Å². The Morgan fingerprint density at radius 1 is 0.800 bits per heavy atom. The minimum absolute atomic E-state index is 0.214. The van der Waals surface area contributed by atoms with E-state index < -0.39 is 17.3 Å². The minimum Gasteiger partial charge on any atom is -0.302 e. The van der Waals surface area contributed by atoms with Crippen molar-refractivity contribution in [3.8, 4) is 0 Å². The molecule has 3 aliphatic carbocycles. The van der Waals surface area contributed by atoms with Gasteiger partial charge in [0.2, 0.25) is 11.8 Å². The van der Waals surface area contributed by atoms with E-state index in [1.165, 1.54) is 4.90 Å². The molecule has 1 fully saturated rings. The number of aryl methyl sites for hydroxylation is 1. The van der Waals surface area contributed by atoms with Crippen molar-refractivity contribution < 1.29 is 14.4 Å². The number of aldehydes is 1. The Morgan fingerprint density at radius 2 is 1.37 bits per heavy atom. The fraction of sp³-hybridized carbons (Fsp3) is 0.192. The molecule has 7 rings (SSSR count). The van der Waals surface area contributed by atoms with E-state index in [0.29, 0.717) is 5.69 Å². The predicted molar refractivity (Wildman–Crippen MR) is 112 cm³/mol. The molecule has 1 saturated heterocycles. The molecule has 1 aliphatic heterocycles. The highest BCUT2D eigenvalue weighted by Gasteiger charge is 2.68. The van der Waals surface area contributed by atoms with Gasteiger partial charge in [-0.15, -0.1) is 0 Å². The van der Waals surface area contributed by atoms with E-state index in [-0.39, 0.29) is 17.7 Å². The molecule has 0 aromatic heterocycles. The lowest BCUT2D eigenvalue weighted by atomic mass is 9.48. The highest BCUT2D eigenvalue weighted by atomic mass is 16.2. The van der Waals surface area contributed by atoms with Crippen LogP contribution < -0.4 is 4.90 Å². The van der Waals surface area contributed by atoms with Gasteiger partial charge in [-0.05, 0) is 41.3 Å². The number of rotatable bonds is 2. The Labute approximate surface area is 174 Å². The van der Waals surface area contributed by atoms with E-state index in [1.54, 1.807) is 12.1 Å². The van der Waals surface area contributed by atoms with Crippen molar-refractivity contribution in [2.75, 3.05) is 4.90 Å². The molecule has 4 nitrogen and oxygen atoms in total. The van der Waals surface area contributed by atoms with Gasteiger partial charge in [-0.25, -0.2) is 4.90 Å². The second kappa shape index (κ2) is 5.76. The quantitative estimate of drug-likeness (QED) is 0.492. The molecule has 1 heterocycles. The Bertz CT molecular complexity index is 1200. The molecule has 0 N–H and O–H groups in total. The zero-order chi connectivity index (χ0) is 20.6. The molecule has 2 atom stereocenters. The number of benzene rings is 3. The van der Waals surface area contributed by atoms with Gasteiger partial charge in [0.05, 0.1) is 22.9 Å². The second-order valence-corrected chi connectivity index (χ2v) is 8.49. The molecule has 0 radical (unpaired) electrons. The number of hydrogen-bond acceptors (Lipinski definition) is 3. The van der Waals surface area contributed by atoms with Gasteiger partial charge in [0.15, 0.2) is 0 Å². The van der Waals surface area contributed by atoms with Gasteiger partial charge in [0.25, 0.3) is 0 Å². The van der Waals surface area contributed by atoms with Crippen LogP contribution in [-0.2, 0) is 19.8 Å². The van der Waals surface area contributed by atoms with Gasteiger partial charge >= 0.3 is 0 Å². The van der Waals surface area contributed by atoms with Gasteiger partial charge in [0.1, 0.15) is 6.29 Å². The van der Waals surface area contributed by atoms with Crippen LogP contribution in [0.4, 0.5) is 5.69 Å². The van der Waals surface area contributed by atoms with Crippen molar-refractivity contribution in [1.82, 2.24) is 0 Å². The molecule has 3 aromatic carbocycles. The van der Waals surface area contributed by atoms with E-state index in [4.69, 9.17) is 0 Å². The molecule has 146 valence electrons. The standard InChI is InChI=1S/C26H19NO3/c1-15-10-12-16(13-11-15)27-24(29)22-21-17-6-2-4-8-19(17)26(14-28,23(22)25(27)30)20-9-5-3-7-18(20)21/h2-14,21-23H,1H3/t21?,22-,23+,26?/m0/s1. The third kappa shape index (κ3) is 1.85. The van der Waals surface area contributed by atoms with Crippen molar-refractivity contribution >= 4 is 23.8 Å². The summed E-state index contributed by atoms with van der Waals surface area (Å²) in [7, 11) is 0. The summed E-state index contributed by atoms with van der Waals surface area (Å²) in [6, 6.07) is 23.0. The second-order valence-electron chi connectivity index (χ2n) is 8.49. The van der Waals surface area contributed by atoms with Crippen LogP contribution >= 0.6 is 0 Å². The fourth-order valence-electron chi connectivity index (χ4n) is 5.98. The monoisotopic (exact) mass is 393 g/mol. The number of carbonyl (C=O) groups is 3. The highest BCUT2D eigenvalue weighted by Crippen LogP contribution is 2.63. The van der Waals surface area contributed by atoms with Gasteiger partial charge in [-0.2, -0.15) is 0 Å². The van der Waals surface area contributed by atoms with Crippen LogP contribution in [0.2, 0.25) is 0 Å². The molecule has 0 unspecified atom stereocenters. The summed E-state index contributed by atoms with van der Waals surface area (Å²) in [6.07, 6.45) is 0.904. The Morgan fingerprint density at radius 3 is 1.93 bits per heavy atom. The van der Waals surface area contributed by atoms with E-state index >= 15 is 0 Å². The van der Waals surface area contributed by atoms with E-state index in [9.17, 15) is 14.4 Å². The maximum atomic E-state index is 13.8. The molecule has 4 aliphatic rings. The molecule has 2 amide bonds. The number of amides is 2. The lowest BCUT2D eigenvalue weighted by molar-refractivity contribution is -0.128. The van der Waals surface area contributed by atoms with E-state index in [0.717, 1.165) is 34.1 Å². The van der Waals surface area contributed by atoms with Gasteiger partial charge in [-0.1, -0.05) is 66.2 Å². The summed E-state index contributed by atoms with van der Waals surface area (Å²) in [5, 5.41) is 0. The lowest BCUT2D eigenvalue weighted by Gasteiger charge is -2.51. The van der Waals surface area contributed by atoms with E-state index in [2.05, 4.69) is 0 Å². The fourth-order valence-corrected chi connectivity index (χ4v) is 5.98. The van der Waals surface area contributed by atoms with Gasteiger partial charge in [-0.3, -0.25) is 9.59 Å². The van der Waals surface area contributed by atoms with Crippen LogP contribution in [0.3, 0.4) is 0 Å². The van der Waals surface area contributed by atoms with Gasteiger partial charge < -0.3 is 4.79 Å². The number of imide groups is 1. The first kappa shape index (κ1) is 17.3. The van der Waals surface area contributed by atoms with Crippen molar-refractivity contribution in [3.63, 3.8) is 0 Å². The summed E-state index contributed by atoms with van der Waals surface area (Å²) >= 11 is 0.